The van der Waals surface area contributed by atoms with E-state index < -0.39 is 14.6 Å². The number of rotatable bonds is 1. The molecule has 1 aromatic carbocycles. The van der Waals surface area contributed by atoms with E-state index in [1.54, 1.807) is 39.0 Å². The third kappa shape index (κ3) is 1.91. The van der Waals surface area contributed by atoms with Crippen molar-refractivity contribution in [2.45, 2.75) is 30.4 Å². The Morgan fingerprint density at radius 1 is 1.31 bits per heavy atom. The van der Waals surface area contributed by atoms with Crippen LogP contribution in [0.5, 0.6) is 0 Å². The second-order valence-electron chi connectivity index (χ2n) is 3.85. The largest absolute Gasteiger partial charge is 0.223 e. The lowest BCUT2D eigenvalue weighted by Gasteiger charge is -2.18. The van der Waals surface area contributed by atoms with E-state index in [4.69, 9.17) is 0 Å². The molecule has 0 saturated heterocycles. The van der Waals surface area contributed by atoms with Gasteiger partial charge < -0.3 is 0 Å². The topological polar surface area (TPSA) is 34.1 Å². The summed E-state index contributed by atoms with van der Waals surface area (Å²) in [6.45, 7) is 5.07. The van der Waals surface area contributed by atoms with Gasteiger partial charge in [-0.3, -0.25) is 0 Å². The van der Waals surface area contributed by atoms with E-state index in [1.807, 2.05) is 0 Å². The van der Waals surface area contributed by atoms with Gasteiger partial charge >= 0.3 is 0 Å². The zero-order chi connectivity index (χ0) is 10.1. The summed E-state index contributed by atoms with van der Waals surface area (Å²) in [6.07, 6.45) is 0. The zero-order valence-corrected chi connectivity index (χ0v) is 8.85. The fourth-order valence-electron chi connectivity index (χ4n) is 0.898. The average Bonchev–Trinajstić information content (AvgIpc) is 2.04. The normalized spacial score (nSPS) is 12.8. The highest BCUT2D eigenvalue weighted by Gasteiger charge is 2.30. The summed E-state index contributed by atoms with van der Waals surface area (Å²) in [5.74, 6) is 0. The Labute approximate surface area is 79.5 Å². The molecular formula is C10H13O2S. The second-order valence-corrected chi connectivity index (χ2v) is 6.56. The van der Waals surface area contributed by atoms with Crippen molar-refractivity contribution in [3.63, 3.8) is 0 Å². The van der Waals surface area contributed by atoms with Crippen LogP contribution in [0.2, 0.25) is 0 Å². The van der Waals surface area contributed by atoms with Crippen molar-refractivity contribution < 1.29 is 8.42 Å². The lowest BCUT2D eigenvalue weighted by Crippen LogP contribution is -2.27. The molecule has 0 heterocycles. The number of hydrogen-bond donors (Lipinski definition) is 0. The van der Waals surface area contributed by atoms with Crippen LogP contribution in [0.15, 0.2) is 29.2 Å². The Morgan fingerprint density at radius 2 is 1.92 bits per heavy atom. The second kappa shape index (κ2) is 3.14. The van der Waals surface area contributed by atoms with Crippen LogP contribution in [-0.2, 0) is 9.84 Å². The first-order chi connectivity index (χ1) is 5.86. The van der Waals surface area contributed by atoms with Crippen molar-refractivity contribution in [3.05, 3.63) is 30.3 Å². The molecule has 0 N–H and O–H groups in total. The maximum absolute atomic E-state index is 11.8. The van der Waals surface area contributed by atoms with Crippen LogP contribution >= 0.6 is 0 Å². The molecule has 0 amide bonds. The molecule has 71 valence electrons. The summed E-state index contributed by atoms with van der Waals surface area (Å²) in [7, 11) is -3.21. The van der Waals surface area contributed by atoms with E-state index >= 15 is 0 Å². The molecule has 13 heavy (non-hydrogen) atoms. The maximum Gasteiger partial charge on any atom is 0.183 e. The summed E-state index contributed by atoms with van der Waals surface area (Å²) in [5.41, 5.74) is 0. The van der Waals surface area contributed by atoms with Crippen molar-refractivity contribution >= 4 is 9.84 Å². The molecule has 0 fully saturated rings. The fraction of sp³-hybridized carbons (Fsp3) is 0.400. The molecular weight excluding hydrogens is 184 g/mol. The van der Waals surface area contributed by atoms with Crippen LogP contribution in [0.25, 0.3) is 0 Å². The molecule has 0 saturated carbocycles. The first-order valence-electron chi connectivity index (χ1n) is 4.06. The smallest absolute Gasteiger partial charge is 0.183 e. The SMILES string of the molecule is CC(C)(C)S(=O)(=O)c1c[c]ccc1. The third-order valence-electron chi connectivity index (χ3n) is 1.80. The molecule has 0 aromatic heterocycles. The average molecular weight is 197 g/mol. The molecule has 0 aliphatic carbocycles. The molecule has 0 bridgehead atoms. The van der Waals surface area contributed by atoms with Gasteiger partial charge in [-0.2, -0.15) is 0 Å². The molecule has 1 radical (unpaired) electrons. The summed E-state index contributed by atoms with van der Waals surface area (Å²) in [6, 6.07) is 9.22. The van der Waals surface area contributed by atoms with E-state index in [1.165, 1.54) is 6.07 Å². The molecule has 1 rings (SSSR count). The van der Waals surface area contributed by atoms with Crippen molar-refractivity contribution in [2.24, 2.45) is 0 Å². The molecule has 0 atom stereocenters. The Kier molecular flexibility index (Phi) is 2.48. The first-order valence-corrected chi connectivity index (χ1v) is 5.55. The van der Waals surface area contributed by atoms with Crippen LogP contribution in [0, 0.1) is 6.07 Å². The van der Waals surface area contributed by atoms with Crippen LogP contribution in [0.3, 0.4) is 0 Å². The van der Waals surface area contributed by atoms with Crippen LogP contribution < -0.4 is 0 Å². The Morgan fingerprint density at radius 3 is 2.31 bits per heavy atom. The quantitative estimate of drug-likeness (QED) is 0.690. The Bertz CT molecular complexity index is 371. The molecule has 0 unspecified atom stereocenters. The maximum atomic E-state index is 11.8. The van der Waals surface area contributed by atoms with Crippen LogP contribution in [0.1, 0.15) is 20.8 Å². The first kappa shape index (κ1) is 10.3. The van der Waals surface area contributed by atoms with Crippen LogP contribution in [0.4, 0.5) is 0 Å². The zero-order valence-electron chi connectivity index (χ0n) is 8.03. The number of sulfone groups is 1. The molecule has 3 heteroatoms. The van der Waals surface area contributed by atoms with Gasteiger partial charge in [0.15, 0.2) is 9.84 Å². The van der Waals surface area contributed by atoms with Crippen LogP contribution in [-0.4, -0.2) is 13.2 Å². The fourth-order valence-corrected chi connectivity index (χ4v) is 2.09. The van der Waals surface area contributed by atoms with Gasteiger partial charge in [0, 0.05) is 0 Å². The molecule has 0 aliphatic heterocycles. The van der Waals surface area contributed by atoms with Gasteiger partial charge in [-0.15, -0.1) is 0 Å². The third-order valence-corrected chi connectivity index (χ3v) is 4.28. The van der Waals surface area contributed by atoms with E-state index in [-0.39, 0.29) is 0 Å². The Hall–Kier alpha value is -0.830. The van der Waals surface area contributed by atoms with Gasteiger partial charge in [-0.25, -0.2) is 8.42 Å². The van der Waals surface area contributed by atoms with Crippen molar-refractivity contribution in [1.82, 2.24) is 0 Å². The highest BCUT2D eigenvalue weighted by Crippen LogP contribution is 2.23. The van der Waals surface area contributed by atoms with E-state index in [2.05, 4.69) is 6.07 Å². The minimum atomic E-state index is -3.21. The standard InChI is InChI=1S/C10H13O2S/c1-10(2,3)13(11,12)9-7-5-4-6-8-9/h4-5,7-8H,1-3H3. The van der Waals surface area contributed by atoms with Gasteiger partial charge in [0.25, 0.3) is 0 Å². The predicted molar refractivity (Wildman–Crippen MR) is 52.2 cm³/mol. The van der Waals surface area contributed by atoms with Gasteiger partial charge in [0.1, 0.15) is 0 Å². The molecule has 0 spiro atoms. The highest BCUT2D eigenvalue weighted by molar-refractivity contribution is 7.92. The monoisotopic (exact) mass is 197 g/mol. The van der Waals surface area contributed by atoms with E-state index in [0.29, 0.717) is 4.90 Å². The summed E-state index contributed by atoms with van der Waals surface area (Å²) < 4.78 is 22.9. The molecule has 0 aliphatic rings. The summed E-state index contributed by atoms with van der Waals surface area (Å²) >= 11 is 0. The van der Waals surface area contributed by atoms with E-state index in [9.17, 15) is 8.42 Å². The summed E-state index contributed by atoms with van der Waals surface area (Å²) in [4.78, 5) is 0.336. The van der Waals surface area contributed by atoms with Gasteiger partial charge in [-0.05, 0) is 39.0 Å². The minimum absolute atomic E-state index is 0.336. The minimum Gasteiger partial charge on any atom is -0.223 e. The lowest BCUT2D eigenvalue weighted by molar-refractivity contribution is 0.560. The lowest BCUT2D eigenvalue weighted by atomic mass is 10.3. The van der Waals surface area contributed by atoms with Gasteiger partial charge in [-0.1, -0.05) is 12.1 Å². The Balaban J connectivity index is 3.26. The van der Waals surface area contributed by atoms with Crippen molar-refractivity contribution in [1.29, 1.82) is 0 Å². The molecule has 2 nitrogen and oxygen atoms in total. The van der Waals surface area contributed by atoms with Gasteiger partial charge in [0.05, 0.1) is 9.64 Å². The van der Waals surface area contributed by atoms with Gasteiger partial charge in [0.2, 0.25) is 0 Å². The number of benzene rings is 1. The van der Waals surface area contributed by atoms with Crippen molar-refractivity contribution in [2.75, 3.05) is 0 Å². The van der Waals surface area contributed by atoms with Crippen molar-refractivity contribution in [3.8, 4) is 0 Å². The predicted octanol–water partition coefficient (Wildman–Crippen LogP) is 2.06. The molecule has 1 aromatic rings. The highest BCUT2D eigenvalue weighted by atomic mass is 32.2. The number of hydrogen-bond acceptors (Lipinski definition) is 2. The summed E-state index contributed by atoms with van der Waals surface area (Å²) in [5, 5.41) is 0. The van der Waals surface area contributed by atoms with E-state index in [0.717, 1.165) is 0 Å².